The molecule has 4 rings (SSSR count). The lowest BCUT2D eigenvalue weighted by atomic mass is 10.1. The number of halogens is 3. The van der Waals surface area contributed by atoms with Gasteiger partial charge in [0.25, 0.3) is 0 Å². The Kier molecular flexibility index (Phi) is 5.43. The van der Waals surface area contributed by atoms with Gasteiger partial charge >= 0.3 is 12.2 Å². The highest BCUT2D eigenvalue weighted by Crippen LogP contribution is 2.33. The summed E-state index contributed by atoms with van der Waals surface area (Å²) < 4.78 is 38.7. The quantitative estimate of drug-likeness (QED) is 0.612. The van der Waals surface area contributed by atoms with Crippen molar-refractivity contribution in [2.24, 2.45) is 0 Å². The van der Waals surface area contributed by atoms with E-state index in [1.54, 1.807) is 10.8 Å². The number of urea groups is 1. The van der Waals surface area contributed by atoms with Gasteiger partial charge in [-0.25, -0.2) is 14.8 Å². The molecule has 1 aliphatic rings. The van der Waals surface area contributed by atoms with Crippen LogP contribution in [0.2, 0.25) is 0 Å². The predicted octanol–water partition coefficient (Wildman–Crippen LogP) is 4.00. The fourth-order valence-electron chi connectivity index (χ4n) is 2.80. The molecule has 156 valence electrons. The first-order valence-electron chi connectivity index (χ1n) is 8.72. The Balaban J connectivity index is 1.40. The van der Waals surface area contributed by atoms with Crippen LogP contribution in [0.5, 0.6) is 0 Å². The number of amides is 3. The number of thiazole rings is 2. The van der Waals surface area contributed by atoms with Crippen LogP contribution in [0.15, 0.2) is 35.0 Å². The summed E-state index contributed by atoms with van der Waals surface area (Å²) in [4.78, 5) is 34.0. The number of hydrogen-bond donors (Lipinski definition) is 2. The van der Waals surface area contributed by atoms with Gasteiger partial charge in [0.1, 0.15) is 0 Å². The van der Waals surface area contributed by atoms with E-state index >= 15 is 0 Å². The van der Waals surface area contributed by atoms with Crippen LogP contribution < -0.4 is 15.5 Å². The van der Waals surface area contributed by atoms with E-state index in [0.717, 1.165) is 23.5 Å². The molecule has 0 saturated carbocycles. The number of nitrogens with one attached hydrogen (secondary N) is 2. The third kappa shape index (κ3) is 4.44. The van der Waals surface area contributed by atoms with Crippen molar-refractivity contribution in [2.45, 2.75) is 12.6 Å². The lowest BCUT2D eigenvalue weighted by Gasteiger charge is -2.08. The second-order valence-corrected chi connectivity index (χ2v) is 8.04. The number of carbonyl (C=O) groups excluding carboxylic acids is 2. The maximum atomic E-state index is 12.9. The van der Waals surface area contributed by atoms with E-state index in [1.807, 2.05) is 0 Å². The summed E-state index contributed by atoms with van der Waals surface area (Å²) in [6, 6.07) is 4.64. The number of rotatable bonds is 5. The van der Waals surface area contributed by atoms with Crippen molar-refractivity contribution in [3.8, 4) is 11.3 Å². The molecule has 30 heavy (non-hydrogen) atoms. The maximum absolute atomic E-state index is 12.9. The summed E-state index contributed by atoms with van der Waals surface area (Å²) in [6.45, 7) is 1.07. The first kappa shape index (κ1) is 20.3. The molecule has 1 aromatic carbocycles. The minimum absolute atomic E-state index is 0.00949. The summed E-state index contributed by atoms with van der Waals surface area (Å²) in [6.07, 6.45) is -4.45. The SMILES string of the molecule is O=C(Cc1csc(N2CCNC2=O)n1)Nc1nc(-c2cccc(C(F)(F)F)c2)cs1. The Morgan fingerprint density at radius 1 is 1.23 bits per heavy atom. The largest absolute Gasteiger partial charge is 0.416 e. The van der Waals surface area contributed by atoms with Crippen molar-refractivity contribution >= 4 is 44.9 Å². The first-order chi connectivity index (χ1) is 14.3. The van der Waals surface area contributed by atoms with Crippen molar-refractivity contribution in [1.82, 2.24) is 15.3 Å². The zero-order valence-electron chi connectivity index (χ0n) is 15.2. The Bertz CT molecular complexity index is 1100. The van der Waals surface area contributed by atoms with Gasteiger partial charge in [0.05, 0.1) is 23.4 Å². The molecule has 3 aromatic rings. The van der Waals surface area contributed by atoms with Gasteiger partial charge in [-0.1, -0.05) is 12.1 Å². The average Bonchev–Trinajstić information content (AvgIpc) is 3.42. The molecular weight excluding hydrogens is 439 g/mol. The van der Waals surface area contributed by atoms with Crippen LogP contribution in [0.4, 0.5) is 28.2 Å². The normalized spacial score (nSPS) is 14.1. The van der Waals surface area contributed by atoms with Crippen LogP contribution in [-0.4, -0.2) is 35.0 Å². The summed E-state index contributed by atoms with van der Waals surface area (Å²) in [5.41, 5.74) is 0.415. The van der Waals surface area contributed by atoms with Crippen LogP contribution in [0.3, 0.4) is 0 Å². The van der Waals surface area contributed by atoms with Gasteiger partial charge < -0.3 is 10.6 Å². The molecule has 0 unspecified atom stereocenters. The Hall–Kier alpha value is -2.99. The number of benzene rings is 1. The monoisotopic (exact) mass is 453 g/mol. The van der Waals surface area contributed by atoms with Crippen LogP contribution in [0.25, 0.3) is 11.3 Å². The molecule has 7 nitrogen and oxygen atoms in total. The van der Waals surface area contributed by atoms with Gasteiger partial charge in [-0.15, -0.1) is 22.7 Å². The van der Waals surface area contributed by atoms with E-state index in [9.17, 15) is 22.8 Å². The number of nitrogens with zero attached hydrogens (tertiary/aromatic N) is 3. The van der Waals surface area contributed by atoms with E-state index in [0.29, 0.717) is 35.2 Å². The van der Waals surface area contributed by atoms with Crippen LogP contribution in [0.1, 0.15) is 11.3 Å². The third-order valence-electron chi connectivity index (χ3n) is 4.21. The lowest BCUT2D eigenvalue weighted by molar-refractivity contribution is -0.137. The van der Waals surface area contributed by atoms with Crippen molar-refractivity contribution < 1.29 is 22.8 Å². The molecular formula is C18H14F3N5O2S2. The number of carbonyl (C=O) groups is 2. The summed E-state index contributed by atoms with van der Waals surface area (Å²) in [7, 11) is 0. The number of anilines is 2. The van der Waals surface area contributed by atoms with Crippen molar-refractivity contribution in [1.29, 1.82) is 0 Å². The highest BCUT2D eigenvalue weighted by Gasteiger charge is 2.30. The van der Waals surface area contributed by atoms with Gasteiger partial charge in [-0.2, -0.15) is 13.2 Å². The van der Waals surface area contributed by atoms with Crippen LogP contribution >= 0.6 is 22.7 Å². The predicted molar refractivity (Wildman–Crippen MR) is 108 cm³/mol. The summed E-state index contributed by atoms with van der Waals surface area (Å²) >= 11 is 2.39. The van der Waals surface area contributed by atoms with Gasteiger partial charge in [-0.05, 0) is 12.1 Å². The zero-order valence-corrected chi connectivity index (χ0v) is 16.8. The number of aromatic nitrogens is 2. The van der Waals surface area contributed by atoms with E-state index in [2.05, 4.69) is 20.6 Å². The highest BCUT2D eigenvalue weighted by atomic mass is 32.1. The molecule has 0 radical (unpaired) electrons. The fourth-order valence-corrected chi connectivity index (χ4v) is 4.39. The second-order valence-electron chi connectivity index (χ2n) is 6.35. The molecule has 3 amide bonds. The van der Waals surface area contributed by atoms with Crippen molar-refractivity contribution in [2.75, 3.05) is 23.3 Å². The molecule has 2 N–H and O–H groups in total. The van der Waals surface area contributed by atoms with E-state index < -0.39 is 11.7 Å². The smallest absolute Gasteiger partial charge is 0.336 e. The molecule has 12 heteroatoms. The third-order valence-corrected chi connectivity index (χ3v) is 5.88. The molecule has 2 aromatic heterocycles. The van der Waals surface area contributed by atoms with Crippen molar-refractivity contribution in [3.05, 3.63) is 46.3 Å². The number of hydrogen-bond acceptors (Lipinski definition) is 6. The molecule has 1 aliphatic heterocycles. The van der Waals surface area contributed by atoms with Crippen molar-refractivity contribution in [3.63, 3.8) is 0 Å². The van der Waals surface area contributed by atoms with E-state index in [4.69, 9.17) is 0 Å². The molecule has 1 fully saturated rings. The molecule has 1 saturated heterocycles. The molecule has 0 atom stereocenters. The van der Waals surface area contributed by atoms with Crippen LogP contribution in [-0.2, 0) is 17.4 Å². The number of alkyl halides is 3. The van der Waals surface area contributed by atoms with Gasteiger partial charge in [0.15, 0.2) is 10.3 Å². The topological polar surface area (TPSA) is 87.2 Å². The molecule has 0 aliphatic carbocycles. The Labute approximate surface area is 176 Å². The van der Waals surface area contributed by atoms with Gasteiger partial charge in [-0.3, -0.25) is 9.69 Å². The fraction of sp³-hybridized carbons (Fsp3) is 0.222. The first-order valence-corrected chi connectivity index (χ1v) is 10.5. The Morgan fingerprint density at radius 2 is 2.07 bits per heavy atom. The maximum Gasteiger partial charge on any atom is 0.416 e. The summed E-state index contributed by atoms with van der Waals surface area (Å²) in [5, 5.41) is 9.40. The van der Waals surface area contributed by atoms with Crippen LogP contribution in [0, 0.1) is 0 Å². The van der Waals surface area contributed by atoms with Gasteiger partial charge in [0.2, 0.25) is 5.91 Å². The highest BCUT2D eigenvalue weighted by molar-refractivity contribution is 7.14. The minimum atomic E-state index is -4.44. The van der Waals surface area contributed by atoms with E-state index in [1.165, 1.54) is 28.4 Å². The Morgan fingerprint density at radius 3 is 2.80 bits per heavy atom. The minimum Gasteiger partial charge on any atom is -0.336 e. The summed E-state index contributed by atoms with van der Waals surface area (Å²) in [5.74, 6) is -0.359. The van der Waals surface area contributed by atoms with Gasteiger partial charge in [0, 0.05) is 29.4 Å². The second kappa shape index (κ2) is 8.03. The zero-order chi connectivity index (χ0) is 21.3. The standard InChI is InChI=1S/C18H14F3N5O2S2/c19-18(20,21)11-3-1-2-10(6-11)13-9-29-15(24-13)25-14(27)7-12-8-30-17(23-12)26-5-4-22-16(26)28/h1-3,6,8-9H,4-5,7H2,(H,22,28)(H,24,25,27). The molecule has 0 spiro atoms. The lowest BCUT2D eigenvalue weighted by Crippen LogP contribution is -2.27. The average molecular weight is 453 g/mol. The molecule has 0 bridgehead atoms. The molecule has 3 heterocycles. The van der Waals surface area contributed by atoms with E-state index in [-0.39, 0.29) is 23.5 Å².